The minimum absolute atomic E-state index is 0.128. The van der Waals surface area contributed by atoms with Gasteiger partial charge in [-0.25, -0.2) is 4.79 Å². The number of benzene rings is 1. The molecule has 7 heteroatoms. The molecule has 6 nitrogen and oxygen atoms in total. The summed E-state index contributed by atoms with van der Waals surface area (Å²) in [7, 11) is 0. The lowest BCUT2D eigenvalue weighted by Gasteiger charge is -2.12. The van der Waals surface area contributed by atoms with Crippen LogP contribution in [0, 0.1) is 0 Å². The molecule has 0 aliphatic rings. The summed E-state index contributed by atoms with van der Waals surface area (Å²) in [5.41, 5.74) is -0.220. The number of carbonyl (C=O) groups is 2. The second-order valence-corrected chi connectivity index (χ2v) is 5.51. The zero-order chi connectivity index (χ0) is 15.4. The van der Waals surface area contributed by atoms with Gasteiger partial charge in [0.1, 0.15) is 6.04 Å². The molecule has 1 aromatic carbocycles. The number of aromatic amines is 1. The lowest BCUT2D eigenvalue weighted by molar-refractivity contribution is -0.140. The average molecular weight is 306 g/mol. The van der Waals surface area contributed by atoms with Gasteiger partial charge in [-0.05, 0) is 17.5 Å². The van der Waals surface area contributed by atoms with Crippen LogP contribution >= 0.6 is 11.8 Å². The van der Waals surface area contributed by atoms with E-state index in [9.17, 15) is 14.4 Å². The van der Waals surface area contributed by atoms with Gasteiger partial charge in [0.25, 0.3) is 5.56 Å². The van der Waals surface area contributed by atoms with Gasteiger partial charge in [0.2, 0.25) is 5.91 Å². The largest absolute Gasteiger partial charge is 0.480 e. The van der Waals surface area contributed by atoms with Crippen molar-refractivity contribution in [2.45, 2.75) is 18.0 Å². The van der Waals surface area contributed by atoms with Crippen LogP contribution in [0.2, 0.25) is 0 Å². The maximum absolute atomic E-state index is 11.9. The van der Waals surface area contributed by atoms with Crippen molar-refractivity contribution in [2.75, 3.05) is 5.75 Å². The highest BCUT2D eigenvalue weighted by molar-refractivity contribution is 7.99. The third-order valence-electron chi connectivity index (χ3n) is 2.81. The van der Waals surface area contributed by atoms with E-state index in [2.05, 4.69) is 10.3 Å². The van der Waals surface area contributed by atoms with Crippen molar-refractivity contribution in [2.24, 2.45) is 0 Å². The van der Waals surface area contributed by atoms with E-state index >= 15 is 0 Å². The molecule has 0 spiro atoms. The van der Waals surface area contributed by atoms with E-state index in [1.165, 1.54) is 18.7 Å². The molecular formula is C14H14N2O4S. The van der Waals surface area contributed by atoms with Gasteiger partial charge >= 0.3 is 5.97 Å². The topological polar surface area (TPSA) is 99.3 Å². The maximum atomic E-state index is 11.9. The minimum atomic E-state index is -1.11. The first-order chi connectivity index (χ1) is 9.97. The second-order valence-electron chi connectivity index (χ2n) is 4.45. The SMILES string of the molecule is CC(=O)NC(CSc1cc2ccccc2c(=O)[nH]1)C(=O)O. The third kappa shape index (κ3) is 3.85. The van der Waals surface area contributed by atoms with Gasteiger partial charge in [-0.1, -0.05) is 18.2 Å². The van der Waals surface area contributed by atoms with E-state index in [1.54, 1.807) is 18.2 Å². The molecule has 1 unspecified atom stereocenters. The highest BCUT2D eigenvalue weighted by Gasteiger charge is 2.18. The van der Waals surface area contributed by atoms with E-state index in [1.807, 2.05) is 12.1 Å². The number of carboxylic acid groups (broad SMARTS) is 1. The van der Waals surface area contributed by atoms with Crippen LogP contribution < -0.4 is 10.9 Å². The zero-order valence-corrected chi connectivity index (χ0v) is 12.1. The van der Waals surface area contributed by atoms with Crippen molar-refractivity contribution < 1.29 is 14.7 Å². The Labute approximate surface area is 124 Å². The first-order valence-electron chi connectivity index (χ1n) is 6.22. The third-order valence-corrected chi connectivity index (χ3v) is 3.84. The number of fused-ring (bicyclic) bond motifs is 1. The molecule has 3 N–H and O–H groups in total. The summed E-state index contributed by atoms with van der Waals surface area (Å²) >= 11 is 1.18. The number of hydrogen-bond acceptors (Lipinski definition) is 4. The second kappa shape index (κ2) is 6.45. The Morgan fingerprint density at radius 3 is 2.76 bits per heavy atom. The van der Waals surface area contributed by atoms with Crippen molar-refractivity contribution in [3.05, 3.63) is 40.7 Å². The molecule has 2 rings (SSSR count). The fourth-order valence-electron chi connectivity index (χ4n) is 1.86. The highest BCUT2D eigenvalue weighted by Crippen LogP contribution is 2.19. The summed E-state index contributed by atoms with van der Waals surface area (Å²) in [6.07, 6.45) is 0. The van der Waals surface area contributed by atoms with E-state index in [0.717, 1.165) is 5.39 Å². The standard InChI is InChI=1S/C14H14N2O4S/c1-8(17)15-11(14(19)20)7-21-12-6-9-4-2-3-5-10(9)13(18)16-12/h2-6,11H,7H2,1H3,(H,15,17)(H,16,18)(H,19,20). The van der Waals surface area contributed by atoms with Gasteiger partial charge in [0.15, 0.2) is 0 Å². The number of aromatic nitrogens is 1. The molecule has 0 saturated carbocycles. The number of carbonyl (C=O) groups excluding carboxylic acids is 1. The van der Waals surface area contributed by atoms with Gasteiger partial charge in [0, 0.05) is 18.1 Å². The molecule has 1 aromatic heterocycles. The molecule has 1 amide bonds. The van der Waals surface area contributed by atoms with Crippen LogP contribution in [0.25, 0.3) is 10.8 Å². The Bertz CT molecular complexity index is 741. The quantitative estimate of drug-likeness (QED) is 0.721. The summed E-state index contributed by atoms with van der Waals surface area (Å²) in [5.74, 6) is -1.39. The molecule has 1 heterocycles. The van der Waals surface area contributed by atoms with E-state index in [0.29, 0.717) is 10.4 Å². The number of nitrogens with one attached hydrogen (secondary N) is 2. The van der Waals surface area contributed by atoms with Gasteiger partial charge in [-0.3, -0.25) is 9.59 Å². The Morgan fingerprint density at radius 1 is 1.38 bits per heavy atom. The summed E-state index contributed by atoms with van der Waals surface area (Å²) in [6.45, 7) is 1.26. The Morgan fingerprint density at radius 2 is 2.10 bits per heavy atom. The zero-order valence-electron chi connectivity index (χ0n) is 11.3. The normalized spacial score (nSPS) is 12.0. The number of aliphatic carboxylic acids is 1. The predicted molar refractivity (Wildman–Crippen MR) is 80.5 cm³/mol. The molecule has 1 atom stereocenters. The number of rotatable bonds is 5. The van der Waals surface area contributed by atoms with Gasteiger partial charge < -0.3 is 15.4 Å². The van der Waals surface area contributed by atoms with Crippen LogP contribution in [0.5, 0.6) is 0 Å². The Kier molecular flexibility index (Phi) is 4.64. The molecule has 110 valence electrons. The van der Waals surface area contributed by atoms with Crippen molar-refractivity contribution in [1.82, 2.24) is 10.3 Å². The molecule has 0 saturated heterocycles. The van der Waals surface area contributed by atoms with E-state index in [4.69, 9.17) is 5.11 Å². The van der Waals surface area contributed by atoms with Crippen molar-refractivity contribution in [3.8, 4) is 0 Å². The number of thioether (sulfide) groups is 1. The lowest BCUT2D eigenvalue weighted by atomic mass is 10.2. The summed E-state index contributed by atoms with van der Waals surface area (Å²) < 4.78 is 0. The molecule has 0 aliphatic heterocycles. The van der Waals surface area contributed by atoms with Crippen LogP contribution in [0.15, 0.2) is 40.2 Å². The monoisotopic (exact) mass is 306 g/mol. The Balaban J connectivity index is 2.18. The number of pyridine rings is 1. The van der Waals surface area contributed by atoms with Crippen LogP contribution in [-0.4, -0.2) is 33.8 Å². The molecule has 0 radical (unpaired) electrons. The van der Waals surface area contributed by atoms with Crippen molar-refractivity contribution in [3.63, 3.8) is 0 Å². The van der Waals surface area contributed by atoms with Crippen LogP contribution in [-0.2, 0) is 9.59 Å². The average Bonchev–Trinajstić information content (AvgIpc) is 2.43. The summed E-state index contributed by atoms with van der Waals surface area (Å²) in [5, 5.41) is 13.3. The first-order valence-corrected chi connectivity index (χ1v) is 7.20. The number of hydrogen-bond donors (Lipinski definition) is 3. The molecule has 0 fully saturated rings. The van der Waals surface area contributed by atoms with E-state index < -0.39 is 17.9 Å². The molecule has 21 heavy (non-hydrogen) atoms. The number of amides is 1. The fourth-order valence-corrected chi connectivity index (χ4v) is 2.80. The van der Waals surface area contributed by atoms with Crippen LogP contribution in [0.3, 0.4) is 0 Å². The number of H-pyrrole nitrogens is 1. The number of carboxylic acids is 1. The molecule has 0 aliphatic carbocycles. The minimum Gasteiger partial charge on any atom is -0.480 e. The van der Waals surface area contributed by atoms with Gasteiger partial charge in [0.05, 0.1) is 5.03 Å². The van der Waals surface area contributed by atoms with Gasteiger partial charge in [-0.2, -0.15) is 0 Å². The predicted octanol–water partition coefficient (Wildman–Crippen LogP) is 1.21. The van der Waals surface area contributed by atoms with Crippen molar-refractivity contribution in [1.29, 1.82) is 0 Å². The Hall–Kier alpha value is -2.28. The van der Waals surface area contributed by atoms with Crippen LogP contribution in [0.1, 0.15) is 6.92 Å². The van der Waals surface area contributed by atoms with Crippen LogP contribution in [0.4, 0.5) is 0 Å². The van der Waals surface area contributed by atoms with Gasteiger partial charge in [-0.15, -0.1) is 11.8 Å². The molecular weight excluding hydrogens is 292 g/mol. The summed E-state index contributed by atoms with van der Waals surface area (Å²) in [6, 6.07) is 7.93. The maximum Gasteiger partial charge on any atom is 0.327 e. The fraction of sp³-hybridized carbons (Fsp3) is 0.214. The smallest absolute Gasteiger partial charge is 0.327 e. The summed E-state index contributed by atoms with van der Waals surface area (Å²) in [4.78, 5) is 36.6. The molecule has 0 bridgehead atoms. The lowest BCUT2D eigenvalue weighted by Crippen LogP contribution is -2.41. The first kappa shape index (κ1) is 15.1. The van der Waals surface area contributed by atoms with Crippen molar-refractivity contribution >= 4 is 34.4 Å². The van der Waals surface area contributed by atoms with E-state index in [-0.39, 0.29) is 11.3 Å². The highest BCUT2D eigenvalue weighted by atomic mass is 32.2. The molecule has 2 aromatic rings.